The van der Waals surface area contributed by atoms with Crippen LogP contribution in [0, 0.1) is 6.92 Å². The van der Waals surface area contributed by atoms with Gasteiger partial charge in [0.25, 0.3) is 0 Å². The number of nitrogens with zero attached hydrogens (tertiary/aromatic N) is 1. The molecule has 1 unspecified atom stereocenters. The predicted octanol–water partition coefficient (Wildman–Crippen LogP) is 5.66. The van der Waals surface area contributed by atoms with Crippen molar-refractivity contribution in [1.29, 1.82) is 0 Å². The van der Waals surface area contributed by atoms with Crippen molar-refractivity contribution in [2.75, 3.05) is 6.61 Å². The Hall–Kier alpha value is -2.25. The molecule has 4 nitrogen and oxygen atoms in total. The molecule has 2 aromatic heterocycles. The number of aromatic amines is 1. The Bertz CT molecular complexity index is 1140. The van der Waals surface area contributed by atoms with Gasteiger partial charge >= 0.3 is 6.18 Å². The number of fused-ring (bicyclic) bond motifs is 2. The van der Waals surface area contributed by atoms with Crippen molar-refractivity contribution in [3.8, 4) is 5.75 Å². The number of halogens is 4. The number of alkyl halides is 3. The van der Waals surface area contributed by atoms with Crippen LogP contribution in [0.1, 0.15) is 42.7 Å². The van der Waals surface area contributed by atoms with Crippen molar-refractivity contribution < 1.29 is 23.0 Å². The van der Waals surface area contributed by atoms with Crippen LogP contribution in [0.3, 0.4) is 0 Å². The van der Waals surface area contributed by atoms with Gasteiger partial charge in [0.05, 0.1) is 18.3 Å². The highest BCUT2D eigenvalue weighted by Gasteiger charge is 2.56. The number of aryl methyl sites for hydroxylation is 1. The summed E-state index contributed by atoms with van der Waals surface area (Å²) in [5, 5.41) is 12.3. The number of rotatable bonds is 5. The molecule has 3 aromatic rings. The number of H-pyrrole nitrogens is 1. The SMILES string of the molecule is Cc1c(CC(O)(CC(C)(C)c2cc(Cl)cc3c2OCC3)C(F)(F)F)[nH]c2cnccc12. The van der Waals surface area contributed by atoms with E-state index in [9.17, 15) is 18.3 Å². The highest BCUT2D eigenvalue weighted by molar-refractivity contribution is 6.30. The molecular formula is C23H24ClF3N2O2. The third-order valence-electron chi connectivity index (χ3n) is 6.17. The molecule has 3 heterocycles. The lowest BCUT2D eigenvalue weighted by atomic mass is 9.72. The van der Waals surface area contributed by atoms with Gasteiger partial charge in [0.1, 0.15) is 5.75 Å². The van der Waals surface area contributed by atoms with E-state index in [0.717, 1.165) is 10.9 Å². The van der Waals surface area contributed by atoms with Crippen LogP contribution >= 0.6 is 11.6 Å². The number of aromatic nitrogens is 2. The molecule has 0 radical (unpaired) electrons. The summed E-state index contributed by atoms with van der Waals surface area (Å²) in [6.45, 7) is 5.57. The smallest absolute Gasteiger partial charge is 0.417 e. The van der Waals surface area contributed by atoms with Gasteiger partial charge in [0.15, 0.2) is 5.60 Å². The van der Waals surface area contributed by atoms with E-state index in [2.05, 4.69) is 9.97 Å². The molecule has 1 aromatic carbocycles. The van der Waals surface area contributed by atoms with E-state index in [1.807, 2.05) is 0 Å². The molecule has 0 fully saturated rings. The quantitative estimate of drug-likeness (QED) is 0.525. The fourth-order valence-corrected chi connectivity index (χ4v) is 4.81. The minimum atomic E-state index is -4.84. The summed E-state index contributed by atoms with van der Waals surface area (Å²) in [5.74, 6) is 0.576. The Balaban J connectivity index is 1.74. The highest BCUT2D eigenvalue weighted by atomic mass is 35.5. The molecule has 2 N–H and O–H groups in total. The van der Waals surface area contributed by atoms with Crippen molar-refractivity contribution in [2.45, 2.75) is 57.2 Å². The van der Waals surface area contributed by atoms with Crippen LogP contribution in [-0.4, -0.2) is 33.5 Å². The van der Waals surface area contributed by atoms with Gasteiger partial charge in [-0.3, -0.25) is 4.98 Å². The molecule has 1 aliphatic heterocycles. The molecule has 1 atom stereocenters. The van der Waals surface area contributed by atoms with Crippen LogP contribution in [0.5, 0.6) is 5.75 Å². The van der Waals surface area contributed by atoms with Crippen LogP contribution < -0.4 is 4.74 Å². The molecular weight excluding hydrogens is 429 g/mol. The van der Waals surface area contributed by atoms with Crippen molar-refractivity contribution in [2.24, 2.45) is 0 Å². The van der Waals surface area contributed by atoms with Crippen molar-refractivity contribution in [3.63, 3.8) is 0 Å². The molecule has 1 aliphatic rings. The van der Waals surface area contributed by atoms with E-state index < -0.39 is 30.0 Å². The van der Waals surface area contributed by atoms with Gasteiger partial charge in [-0.25, -0.2) is 0 Å². The van der Waals surface area contributed by atoms with Gasteiger partial charge in [-0.05, 0) is 48.1 Å². The first kappa shape index (κ1) is 22.0. The number of nitrogens with one attached hydrogen (secondary N) is 1. The van der Waals surface area contributed by atoms with Gasteiger partial charge in [0.2, 0.25) is 0 Å². The summed E-state index contributed by atoms with van der Waals surface area (Å²) in [4.78, 5) is 7.01. The lowest BCUT2D eigenvalue weighted by Crippen LogP contribution is -2.51. The number of pyridine rings is 1. The molecule has 0 saturated heterocycles. The number of benzene rings is 1. The maximum Gasteiger partial charge on any atom is 0.417 e. The average Bonchev–Trinajstić information content (AvgIpc) is 3.24. The van der Waals surface area contributed by atoms with E-state index >= 15 is 0 Å². The van der Waals surface area contributed by atoms with Crippen LogP contribution in [0.2, 0.25) is 5.02 Å². The Morgan fingerprint density at radius 2 is 2.00 bits per heavy atom. The van der Waals surface area contributed by atoms with Crippen LogP contribution in [0.4, 0.5) is 13.2 Å². The Morgan fingerprint density at radius 3 is 2.68 bits per heavy atom. The maximum atomic E-state index is 14.2. The standard InChI is InChI=1S/C23H24ClF3N2O2/c1-13-16-4-6-28-11-19(16)29-18(13)10-22(30,23(25,26)27)12-21(2,3)17-9-15(24)8-14-5-7-31-20(14)17/h4,6,8-9,11,29-30H,5,7,10,12H2,1-3H3. The number of hydrogen-bond acceptors (Lipinski definition) is 3. The first-order chi connectivity index (χ1) is 14.4. The fourth-order valence-electron chi connectivity index (χ4n) is 4.57. The summed E-state index contributed by atoms with van der Waals surface area (Å²) >= 11 is 6.24. The first-order valence-corrected chi connectivity index (χ1v) is 10.4. The Labute approximate surface area is 183 Å². The molecule has 4 rings (SSSR count). The topological polar surface area (TPSA) is 58.1 Å². The molecule has 31 heavy (non-hydrogen) atoms. The van der Waals surface area contributed by atoms with Gasteiger partial charge in [0, 0.05) is 40.7 Å². The molecule has 0 saturated carbocycles. The maximum absolute atomic E-state index is 14.2. The third kappa shape index (κ3) is 3.89. The zero-order valence-corrected chi connectivity index (χ0v) is 18.3. The molecule has 0 amide bonds. The highest BCUT2D eigenvalue weighted by Crippen LogP contribution is 2.47. The van der Waals surface area contributed by atoms with E-state index in [1.165, 1.54) is 0 Å². The zero-order valence-electron chi connectivity index (χ0n) is 17.5. The normalized spacial score (nSPS) is 16.3. The summed E-state index contributed by atoms with van der Waals surface area (Å²) in [6.07, 6.45) is -2.17. The number of hydrogen-bond donors (Lipinski definition) is 2. The van der Waals surface area contributed by atoms with E-state index in [4.69, 9.17) is 16.3 Å². The Morgan fingerprint density at radius 1 is 1.26 bits per heavy atom. The summed E-state index contributed by atoms with van der Waals surface area (Å²) < 4.78 is 48.4. The summed E-state index contributed by atoms with van der Waals surface area (Å²) in [7, 11) is 0. The van der Waals surface area contributed by atoms with Crippen LogP contribution in [-0.2, 0) is 18.3 Å². The zero-order chi connectivity index (χ0) is 22.6. The average molecular weight is 453 g/mol. The minimum Gasteiger partial charge on any atom is -0.493 e. The Kier molecular flexibility index (Phi) is 5.25. The second-order valence-corrected chi connectivity index (χ2v) is 9.39. The molecule has 0 spiro atoms. The summed E-state index contributed by atoms with van der Waals surface area (Å²) in [6, 6.07) is 5.16. The van der Waals surface area contributed by atoms with E-state index in [1.54, 1.807) is 51.4 Å². The molecule has 166 valence electrons. The molecule has 8 heteroatoms. The van der Waals surface area contributed by atoms with Gasteiger partial charge in [-0.1, -0.05) is 25.4 Å². The molecule has 0 aliphatic carbocycles. The van der Waals surface area contributed by atoms with E-state index in [0.29, 0.717) is 46.1 Å². The molecule has 0 bridgehead atoms. The third-order valence-corrected chi connectivity index (χ3v) is 6.39. The number of aliphatic hydroxyl groups is 1. The number of ether oxygens (including phenoxy) is 1. The fraction of sp³-hybridized carbons (Fsp3) is 0.435. The largest absolute Gasteiger partial charge is 0.493 e. The lowest BCUT2D eigenvalue weighted by Gasteiger charge is -2.38. The van der Waals surface area contributed by atoms with Gasteiger partial charge in [-0.2, -0.15) is 13.2 Å². The second kappa shape index (κ2) is 7.41. The van der Waals surface area contributed by atoms with Crippen molar-refractivity contribution >= 4 is 22.5 Å². The lowest BCUT2D eigenvalue weighted by molar-refractivity contribution is -0.266. The second-order valence-electron chi connectivity index (χ2n) is 8.96. The first-order valence-electron chi connectivity index (χ1n) is 10.1. The minimum absolute atomic E-state index is 0.339. The van der Waals surface area contributed by atoms with Crippen LogP contribution in [0.15, 0.2) is 30.6 Å². The summed E-state index contributed by atoms with van der Waals surface area (Å²) in [5.41, 5.74) is -0.900. The van der Waals surface area contributed by atoms with Crippen molar-refractivity contribution in [1.82, 2.24) is 9.97 Å². The monoisotopic (exact) mass is 452 g/mol. The predicted molar refractivity (Wildman–Crippen MR) is 114 cm³/mol. The van der Waals surface area contributed by atoms with Crippen molar-refractivity contribution in [3.05, 3.63) is 58.0 Å². The van der Waals surface area contributed by atoms with Gasteiger partial charge < -0.3 is 14.8 Å². The van der Waals surface area contributed by atoms with Gasteiger partial charge in [-0.15, -0.1) is 0 Å². The van der Waals surface area contributed by atoms with E-state index in [-0.39, 0.29) is 0 Å². The van der Waals surface area contributed by atoms with Crippen LogP contribution in [0.25, 0.3) is 10.9 Å².